The quantitative estimate of drug-likeness (QED) is 0.234. The molecule has 5 rings (SSSR count). The predicted octanol–water partition coefficient (Wildman–Crippen LogP) is 5.40. The van der Waals surface area contributed by atoms with Crippen LogP contribution in [0.3, 0.4) is 0 Å². The summed E-state index contributed by atoms with van der Waals surface area (Å²) in [5, 5.41) is 4.26. The maximum absolute atomic E-state index is 15.3. The van der Waals surface area contributed by atoms with Crippen LogP contribution in [0.25, 0.3) is 0 Å². The molecule has 0 unspecified atom stereocenters. The van der Waals surface area contributed by atoms with E-state index in [2.05, 4.69) is 10.6 Å². The normalized spacial score (nSPS) is 13.5. The molecule has 1 aliphatic rings. The molecule has 10 heteroatoms. The van der Waals surface area contributed by atoms with Gasteiger partial charge in [0.05, 0.1) is 10.9 Å². The largest absolute Gasteiger partial charge is 0.486 e. The molecule has 0 bridgehead atoms. The first-order valence-corrected chi connectivity index (χ1v) is 15.6. The first-order chi connectivity index (χ1) is 21.3. The second-order valence-corrected chi connectivity index (χ2v) is 12.0. The first-order valence-electron chi connectivity index (χ1n) is 14.1. The number of benzene rings is 4. The van der Waals surface area contributed by atoms with E-state index in [4.69, 9.17) is 9.47 Å². The summed E-state index contributed by atoms with van der Waals surface area (Å²) in [6.07, 6.45) is 1.65. The second-order valence-electron chi connectivity index (χ2n) is 10.1. The molecule has 44 heavy (non-hydrogen) atoms. The molecule has 4 aromatic rings. The van der Waals surface area contributed by atoms with E-state index >= 15 is 4.39 Å². The molecule has 1 heterocycles. The van der Waals surface area contributed by atoms with Crippen LogP contribution in [0.5, 0.6) is 11.5 Å². The maximum Gasteiger partial charge on any atom is 0.252 e. The predicted molar refractivity (Wildman–Crippen MR) is 164 cm³/mol. The van der Waals surface area contributed by atoms with Crippen molar-refractivity contribution in [3.05, 3.63) is 137 Å². The van der Waals surface area contributed by atoms with Gasteiger partial charge in [0.2, 0.25) is 15.0 Å². The minimum Gasteiger partial charge on any atom is -0.486 e. The van der Waals surface area contributed by atoms with Gasteiger partial charge in [0.25, 0.3) is 11.8 Å². The lowest BCUT2D eigenvalue weighted by Gasteiger charge is -2.19. The molecule has 2 N–H and O–H groups in total. The van der Waals surface area contributed by atoms with Gasteiger partial charge in [-0.15, -0.1) is 0 Å². The Hall–Kier alpha value is -4.96. The minimum absolute atomic E-state index is 0.0398. The van der Waals surface area contributed by atoms with E-state index in [-0.39, 0.29) is 29.3 Å². The number of nitrogens with one attached hydrogen (secondary N) is 2. The maximum atomic E-state index is 15.3. The van der Waals surface area contributed by atoms with Crippen LogP contribution < -0.4 is 20.1 Å². The van der Waals surface area contributed by atoms with Gasteiger partial charge >= 0.3 is 0 Å². The average Bonchev–Trinajstić information content (AvgIpc) is 3.06. The number of rotatable bonds is 11. The van der Waals surface area contributed by atoms with Crippen molar-refractivity contribution in [1.82, 2.24) is 10.6 Å². The van der Waals surface area contributed by atoms with Gasteiger partial charge in [-0.25, -0.2) is 8.42 Å². The Balaban J connectivity index is 1.32. The van der Waals surface area contributed by atoms with Gasteiger partial charge in [-0.05, 0) is 66.4 Å². The van der Waals surface area contributed by atoms with Crippen molar-refractivity contribution in [3.63, 3.8) is 0 Å². The Morgan fingerprint density at radius 3 is 2.23 bits per heavy atom. The lowest BCUT2D eigenvalue weighted by Crippen LogP contribution is -2.35. The van der Waals surface area contributed by atoms with Crippen molar-refractivity contribution in [2.24, 2.45) is 0 Å². The van der Waals surface area contributed by atoms with Crippen molar-refractivity contribution >= 4 is 21.7 Å². The molecule has 0 radical (unpaired) electrons. The number of sulfone groups is 1. The fraction of sp³-hybridized carbons (Fsp3) is 0.176. The highest BCUT2D eigenvalue weighted by atomic mass is 32.2. The monoisotopic (exact) mass is 614 g/mol. The van der Waals surface area contributed by atoms with Gasteiger partial charge in [0.15, 0.2) is 11.5 Å². The van der Waals surface area contributed by atoms with E-state index in [0.29, 0.717) is 42.3 Å². The summed E-state index contributed by atoms with van der Waals surface area (Å²) >= 11 is 0. The molecule has 4 aromatic carbocycles. The van der Waals surface area contributed by atoms with Crippen LogP contribution in [-0.4, -0.2) is 39.5 Å². The van der Waals surface area contributed by atoms with Crippen LogP contribution in [0.2, 0.25) is 0 Å². The number of aryl methyl sites for hydroxylation is 1. The van der Waals surface area contributed by atoms with Gasteiger partial charge in [-0.1, -0.05) is 66.7 Å². The molecule has 1 aliphatic heterocycles. The topological polar surface area (TPSA) is 111 Å². The van der Waals surface area contributed by atoms with Gasteiger partial charge < -0.3 is 20.1 Å². The highest BCUT2D eigenvalue weighted by molar-refractivity contribution is 7.95. The number of hydrogen-bond donors (Lipinski definition) is 2. The van der Waals surface area contributed by atoms with Crippen LogP contribution in [0.4, 0.5) is 4.39 Å². The molecule has 8 nitrogen and oxygen atoms in total. The van der Waals surface area contributed by atoms with Crippen molar-refractivity contribution in [3.8, 4) is 11.5 Å². The number of halogens is 1. The van der Waals surface area contributed by atoms with Crippen LogP contribution >= 0.6 is 0 Å². The molecular weight excluding hydrogens is 583 g/mol. The van der Waals surface area contributed by atoms with Crippen LogP contribution in [0.1, 0.15) is 38.3 Å². The Bertz CT molecular complexity index is 1760. The van der Waals surface area contributed by atoms with Crippen LogP contribution in [0, 0.1) is 0 Å². The Morgan fingerprint density at radius 2 is 1.48 bits per heavy atom. The molecule has 0 saturated heterocycles. The van der Waals surface area contributed by atoms with Gasteiger partial charge in [0.1, 0.15) is 13.2 Å². The molecule has 226 valence electrons. The third-order valence-electron chi connectivity index (χ3n) is 7.05. The summed E-state index contributed by atoms with van der Waals surface area (Å²) in [5.41, 5.74) is 2.12. The molecule has 0 aliphatic carbocycles. The minimum atomic E-state index is -4.40. The fourth-order valence-corrected chi connectivity index (χ4v) is 5.81. The molecule has 0 spiro atoms. The van der Waals surface area contributed by atoms with Gasteiger partial charge in [-0.3, -0.25) is 9.59 Å². The van der Waals surface area contributed by atoms with Gasteiger partial charge in [0, 0.05) is 17.7 Å². The Labute approximate surface area is 255 Å². The molecule has 0 fully saturated rings. The SMILES string of the molecule is O=C(NCc1ccccc1C(=O)N[C@H](/C=C(\F)S(=O)(=O)c1ccccc1)CCc1ccccc1)c1ccc2c(c1)OCCO2. The first kappa shape index (κ1) is 30.5. The zero-order valence-electron chi connectivity index (χ0n) is 23.7. The molecule has 2 amide bonds. The summed E-state index contributed by atoms with van der Waals surface area (Å²) in [5.74, 6) is 0.154. The number of carbonyl (C=O) groups excluding carboxylic acids is 2. The summed E-state index contributed by atoms with van der Waals surface area (Å²) in [4.78, 5) is 26.2. The highest BCUT2D eigenvalue weighted by Crippen LogP contribution is 2.30. The lowest BCUT2D eigenvalue weighted by atomic mass is 10.0. The standard InChI is InChI=1S/C34H31FN2O6S/c35-32(44(40,41)28-12-5-2-6-13-28)22-27(17-15-24-9-3-1-4-10-24)37-34(39)29-14-8-7-11-26(29)23-36-33(38)25-16-18-30-31(21-25)43-20-19-42-30/h1-14,16,18,21-22,27H,15,17,19-20,23H2,(H,36,38)(H,37,39)/b32-22+/t27-/m0/s1. The summed E-state index contributed by atoms with van der Waals surface area (Å²) in [7, 11) is -4.40. The highest BCUT2D eigenvalue weighted by Gasteiger charge is 2.24. The molecule has 0 aromatic heterocycles. The van der Waals surface area contributed by atoms with E-state index in [1.807, 2.05) is 30.3 Å². The van der Waals surface area contributed by atoms with E-state index in [1.54, 1.807) is 48.5 Å². The third kappa shape index (κ3) is 7.51. The number of fused-ring (bicyclic) bond motifs is 1. The fourth-order valence-electron chi connectivity index (χ4n) is 4.73. The van der Waals surface area contributed by atoms with E-state index < -0.39 is 26.9 Å². The number of ether oxygens (including phenoxy) is 2. The summed E-state index contributed by atoms with van der Waals surface area (Å²) in [6, 6.07) is 27.4. The smallest absolute Gasteiger partial charge is 0.252 e. The summed E-state index contributed by atoms with van der Waals surface area (Å²) in [6.45, 7) is 0.873. The van der Waals surface area contributed by atoms with E-state index in [0.717, 1.165) is 11.6 Å². The Kier molecular flexibility index (Phi) is 9.71. The second kappa shape index (κ2) is 14.0. The van der Waals surface area contributed by atoms with E-state index in [1.165, 1.54) is 24.3 Å². The molecular formula is C34H31FN2O6S. The number of hydrogen-bond acceptors (Lipinski definition) is 6. The molecule has 0 saturated carbocycles. The van der Waals surface area contributed by atoms with Crippen molar-refractivity contribution < 1.29 is 31.9 Å². The van der Waals surface area contributed by atoms with E-state index in [9.17, 15) is 18.0 Å². The zero-order chi connectivity index (χ0) is 30.9. The number of carbonyl (C=O) groups is 2. The molecule has 1 atom stereocenters. The average molecular weight is 615 g/mol. The van der Waals surface area contributed by atoms with Gasteiger partial charge in [-0.2, -0.15) is 4.39 Å². The Morgan fingerprint density at radius 1 is 0.818 bits per heavy atom. The summed E-state index contributed by atoms with van der Waals surface area (Å²) < 4.78 is 52.1. The van der Waals surface area contributed by atoms with Crippen molar-refractivity contribution in [1.29, 1.82) is 0 Å². The lowest BCUT2D eigenvalue weighted by molar-refractivity contribution is 0.0929. The van der Waals surface area contributed by atoms with Crippen molar-refractivity contribution in [2.75, 3.05) is 13.2 Å². The van der Waals surface area contributed by atoms with Crippen LogP contribution in [0.15, 0.2) is 119 Å². The zero-order valence-corrected chi connectivity index (χ0v) is 24.6. The third-order valence-corrected chi connectivity index (χ3v) is 8.59. The van der Waals surface area contributed by atoms with Crippen LogP contribution in [-0.2, 0) is 22.8 Å². The number of amides is 2. The van der Waals surface area contributed by atoms with Crippen molar-refractivity contribution in [2.45, 2.75) is 30.3 Å².